The molecule has 0 fully saturated rings. The van der Waals surface area contributed by atoms with Crippen molar-refractivity contribution in [2.24, 2.45) is 0 Å². The molecule has 0 spiro atoms. The fourth-order valence-electron chi connectivity index (χ4n) is 3.33. The van der Waals surface area contributed by atoms with Gasteiger partial charge in [0.15, 0.2) is 0 Å². The number of nitrogens with one attached hydrogen (secondary N) is 2. The van der Waals surface area contributed by atoms with Gasteiger partial charge in [-0.2, -0.15) is 0 Å². The van der Waals surface area contributed by atoms with Crippen LogP contribution >= 0.6 is 12.6 Å². The van der Waals surface area contributed by atoms with Crippen molar-refractivity contribution in [1.82, 2.24) is 5.32 Å². The van der Waals surface area contributed by atoms with Gasteiger partial charge >= 0.3 is 0 Å². The molecule has 1 atom stereocenters. The molecule has 0 aromatic heterocycles. The zero-order chi connectivity index (χ0) is 24.4. The van der Waals surface area contributed by atoms with Crippen LogP contribution in [0.3, 0.4) is 0 Å². The smallest absolute Gasteiger partial charge is 0.251 e. The highest BCUT2D eigenvalue weighted by Gasteiger charge is 2.24. The number of hydrogen-bond donors (Lipinski definition) is 3. The topological polar surface area (TPSA) is 62.8 Å². The predicted octanol–water partition coefficient (Wildman–Crippen LogP) is 5.53. The van der Waals surface area contributed by atoms with Crippen LogP contribution in [0.15, 0.2) is 66.2 Å². The molecule has 33 heavy (non-hydrogen) atoms. The maximum Gasteiger partial charge on any atom is 0.251 e. The molecule has 2 rings (SSSR count). The summed E-state index contributed by atoms with van der Waals surface area (Å²) in [6.07, 6.45) is 7.20. The number of benzene rings is 2. The predicted molar refractivity (Wildman–Crippen MR) is 140 cm³/mol. The van der Waals surface area contributed by atoms with Crippen LogP contribution in [0.1, 0.15) is 37.0 Å². The number of anilines is 2. The molecule has 0 aliphatic heterocycles. The Hall–Kier alpha value is -3.06. The summed E-state index contributed by atoms with van der Waals surface area (Å²) >= 11 is 4.50. The van der Waals surface area contributed by atoms with Crippen molar-refractivity contribution in [3.63, 3.8) is 0 Å². The number of nitrogens with zero attached hydrogens (tertiary/aromatic N) is 1. The first kappa shape index (κ1) is 26.2. The van der Waals surface area contributed by atoms with E-state index in [9.17, 15) is 4.79 Å². The van der Waals surface area contributed by atoms with Crippen molar-refractivity contribution >= 4 is 29.9 Å². The van der Waals surface area contributed by atoms with E-state index in [2.05, 4.69) is 43.7 Å². The molecule has 2 N–H and O–H groups in total. The number of thiol groups is 1. The molecule has 0 radical (unpaired) electrons. The van der Waals surface area contributed by atoms with E-state index < -0.39 is 0 Å². The van der Waals surface area contributed by atoms with Crippen LogP contribution in [0, 0.1) is 0 Å². The van der Waals surface area contributed by atoms with Crippen molar-refractivity contribution < 1.29 is 14.3 Å². The fourth-order valence-corrected chi connectivity index (χ4v) is 3.53. The molecular formula is C26H35N3O3S. The minimum atomic E-state index is -0.227. The van der Waals surface area contributed by atoms with Gasteiger partial charge in [0.25, 0.3) is 5.91 Å². The lowest BCUT2D eigenvalue weighted by molar-refractivity contribution is 0.0950. The Morgan fingerprint density at radius 3 is 2.42 bits per heavy atom. The maximum atomic E-state index is 12.7. The molecule has 1 amide bonds. The summed E-state index contributed by atoms with van der Waals surface area (Å²) in [5, 5.41) is 6.70. The van der Waals surface area contributed by atoms with E-state index in [1.807, 2.05) is 42.4 Å². The SMILES string of the molecule is C=C/C=C\N(C)c1cc(S)ccc1NC(C)(CC)CCNC(=O)c1cc(OC)cc(OC)c1. The van der Waals surface area contributed by atoms with Crippen LogP contribution in [0.4, 0.5) is 11.4 Å². The molecule has 7 heteroatoms. The van der Waals surface area contributed by atoms with E-state index in [0.717, 1.165) is 29.1 Å². The first-order chi connectivity index (χ1) is 15.7. The third-order valence-corrected chi connectivity index (χ3v) is 5.88. The Labute approximate surface area is 203 Å². The van der Waals surface area contributed by atoms with E-state index >= 15 is 0 Å². The minimum Gasteiger partial charge on any atom is -0.497 e. The van der Waals surface area contributed by atoms with Gasteiger partial charge in [0.05, 0.1) is 25.6 Å². The van der Waals surface area contributed by atoms with E-state index in [0.29, 0.717) is 23.6 Å². The molecule has 2 aromatic carbocycles. The van der Waals surface area contributed by atoms with Crippen LogP contribution in [0.5, 0.6) is 11.5 Å². The lowest BCUT2D eigenvalue weighted by atomic mass is 9.93. The molecule has 0 bridgehead atoms. The molecule has 0 aliphatic rings. The zero-order valence-corrected chi connectivity index (χ0v) is 21.0. The van der Waals surface area contributed by atoms with Gasteiger partial charge in [-0.05, 0) is 56.2 Å². The highest BCUT2D eigenvalue weighted by molar-refractivity contribution is 7.80. The maximum absolute atomic E-state index is 12.7. The van der Waals surface area contributed by atoms with E-state index in [4.69, 9.17) is 9.47 Å². The fraction of sp³-hybridized carbons (Fsp3) is 0.346. The third kappa shape index (κ3) is 7.49. The molecule has 2 aromatic rings. The van der Waals surface area contributed by atoms with Crippen LogP contribution < -0.4 is 25.0 Å². The van der Waals surface area contributed by atoms with Gasteiger partial charge in [0.1, 0.15) is 11.5 Å². The number of carbonyl (C=O) groups excluding carboxylic acids is 1. The number of rotatable bonds is 12. The second-order valence-corrected chi connectivity index (χ2v) is 8.55. The van der Waals surface area contributed by atoms with Crippen molar-refractivity contribution in [3.8, 4) is 11.5 Å². The third-order valence-electron chi connectivity index (χ3n) is 5.60. The Balaban J connectivity index is 2.11. The Morgan fingerprint density at radius 1 is 1.18 bits per heavy atom. The number of carbonyl (C=O) groups is 1. The zero-order valence-electron chi connectivity index (χ0n) is 20.1. The number of methoxy groups -OCH3 is 2. The standard InChI is InChI=1S/C26H35N3O3S/c1-7-9-14-29(4)24-18-22(33)10-11-23(24)28-26(3,8-2)12-13-27-25(30)19-15-20(31-5)17-21(16-19)32-6/h7,9-11,14-18,28,33H,1,8,12-13H2,2-6H3,(H,27,30)/b14-9-. The van der Waals surface area contributed by atoms with E-state index in [1.165, 1.54) is 0 Å². The van der Waals surface area contributed by atoms with Crippen molar-refractivity contribution in [1.29, 1.82) is 0 Å². The first-order valence-electron chi connectivity index (χ1n) is 10.9. The largest absolute Gasteiger partial charge is 0.497 e. The minimum absolute atomic E-state index is 0.167. The highest BCUT2D eigenvalue weighted by atomic mass is 32.1. The Morgan fingerprint density at radius 2 is 1.85 bits per heavy atom. The average molecular weight is 470 g/mol. The van der Waals surface area contributed by atoms with Gasteiger partial charge < -0.3 is 25.0 Å². The van der Waals surface area contributed by atoms with Crippen molar-refractivity contribution in [2.75, 3.05) is 38.0 Å². The van der Waals surface area contributed by atoms with Crippen LogP contribution in [0.2, 0.25) is 0 Å². The lowest BCUT2D eigenvalue weighted by Gasteiger charge is -2.33. The molecule has 6 nitrogen and oxygen atoms in total. The van der Waals surface area contributed by atoms with E-state index in [1.54, 1.807) is 38.5 Å². The monoisotopic (exact) mass is 469 g/mol. The summed E-state index contributed by atoms with van der Waals surface area (Å²) in [4.78, 5) is 15.6. The molecule has 178 valence electrons. The quantitative estimate of drug-likeness (QED) is 0.282. The molecule has 0 saturated heterocycles. The van der Waals surface area contributed by atoms with Crippen molar-refractivity contribution in [2.45, 2.75) is 37.1 Å². The van der Waals surface area contributed by atoms with Gasteiger partial charge in [-0.15, -0.1) is 12.6 Å². The first-order valence-corrected chi connectivity index (χ1v) is 11.3. The van der Waals surface area contributed by atoms with Gasteiger partial charge in [-0.1, -0.05) is 19.6 Å². The molecular weight excluding hydrogens is 434 g/mol. The summed E-state index contributed by atoms with van der Waals surface area (Å²) in [6, 6.07) is 11.2. The average Bonchev–Trinajstić information content (AvgIpc) is 2.83. The normalized spacial score (nSPS) is 12.7. The summed E-state index contributed by atoms with van der Waals surface area (Å²) in [5.41, 5.74) is 2.28. The number of hydrogen-bond acceptors (Lipinski definition) is 6. The summed E-state index contributed by atoms with van der Waals surface area (Å²) in [7, 11) is 5.11. The van der Waals surface area contributed by atoms with Crippen LogP contribution in [0.25, 0.3) is 0 Å². The molecule has 0 heterocycles. The second kappa shape index (κ2) is 12.3. The number of allylic oxidation sites excluding steroid dienone is 2. The van der Waals surface area contributed by atoms with Crippen molar-refractivity contribution in [3.05, 3.63) is 66.9 Å². The van der Waals surface area contributed by atoms with Gasteiger partial charge in [0.2, 0.25) is 0 Å². The molecule has 0 saturated carbocycles. The highest BCUT2D eigenvalue weighted by Crippen LogP contribution is 2.32. The Bertz CT molecular complexity index is 970. The molecule has 1 unspecified atom stereocenters. The number of amides is 1. The van der Waals surface area contributed by atoms with Gasteiger partial charge in [-0.25, -0.2) is 0 Å². The molecule has 0 aliphatic carbocycles. The lowest BCUT2D eigenvalue weighted by Crippen LogP contribution is -2.39. The van der Waals surface area contributed by atoms with Gasteiger partial charge in [0, 0.05) is 41.9 Å². The Kier molecular flexibility index (Phi) is 9.73. The number of ether oxygens (including phenoxy) is 2. The van der Waals surface area contributed by atoms with Gasteiger partial charge in [-0.3, -0.25) is 4.79 Å². The summed E-state index contributed by atoms with van der Waals surface area (Å²) in [5.74, 6) is 0.990. The summed E-state index contributed by atoms with van der Waals surface area (Å²) < 4.78 is 10.5. The summed E-state index contributed by atoms with van der Waals surface area (Å²) in [6.45, 7) is 8.54. The second-order valence-electron chi connectivity index (χ2n) is 8.04. The van der Waals surface area contributed by atoms with Crippen LogP contribution in [-0.4, -0.2) is 39.3 Å². The van der Waals surface area contributed by atoms with Crippen LogP contribution in [-0.2, 0) is 0 Å². The van der Waals surface area contributed by atoms with E-state index in [-0.39, 0.29) is 11.4 Å².